The molecule has 1 atom stereocenters. The zero-order chi connectivity index (χ0) is 16.3. The van der Waals surface area contributed by atoms with Gasteiger partial charge in [0.15, 0.2) is 0 Å². The van der Waals surface area contributed by atoms with Crippen LogP contribution in [0.2, 0.25) is 13.3 Å². The average molecular weight is 417 g/mol. The number of aliphatic hydroxyl groups is 1. The molecular weight excluding hydrogens is 375 g/mol. The molecule has 1 aliphatic rings. The van der Waals surface area contributed by atoms with Crippen molar-refractivity contribution >= 4 is 18.4 Å². The molecule has 0 amide bonds. The molecular formula is C20H42OSn. The number of aliphatic hydroxyl groups excluding tert-OH is 1. The third-order valence-corrected chi connectivity index (χ3v) is 22.3. The Morgan fingerprint density at radius 2 is 1.27 bits per heavy atom. The maximum atomic E-state index is 11.3. The maximum absolute atomic E-state index is 11.3. The van der Waals surface area contributed by atoms with Crippen molar-refractivity contribution < 1.29 is 5.11 Å². The SMILES string of the molecule is CCC[CH2][Sn]([CH2]CCC)([CH2]CCC)[CH](O)CC1CCCCC1. The van der Waals surface area contributed by atoms with Crippen LogP contribution in [0.15, 0.2) is 0 Å². The Morgan fingerprint density at radius 1 is 0.818 bits per heavy atom. The van der Waals surface area contributed by atoms with Crippen molar-refractivity contribution in [2.75, 3.05) is 0 Å². The van der Waals surface area contributed by atoms with Crippen molar-refractivity contribution in [2.45, 2.75) is 115 Å². The van der Waals surface area contributed by atoms with Crippen molar-refractivity contribution in [3.05, 3.63) is 0 Å². The van der Waals surface area contributed by atoms with Crippen molar-refractivity contribution in [3.8, 4) is 0 Å². The van der Waals surface area contributed by atoms with Gasteiger partial charge in [-0.05, 0) is 0 Å². The van der Waals surface area contributed by atoms with Crippen LogP contribution < -0.4 is 0 Å². The molecule has 0 bridgehead atoms. The molecule has 0 aromatic rings. The molecule has 22 heavy (non-hydrogen) atoms. The standard InChI is InChI=1S/C8H15O.3C4H9.Sn/c9-7-6-8-4-2-1-3-5-8;3*1-3-4-2;/h7-9H,1-6H2;3*1,3-4H2,2H3;. The van der Waals surface area contributed by atoms with E-state index in [9.17, 15) is 5.11 Å². The molecule has 1 saturated carbocycles. The molecule has 1 aliphatic carbocycles. The molecule has 0 aromatic carbocycles. The van der Waals surface area contributed by atoms with Gasteiger partial charge in [0, 0.05) is 0 Å². The summed E-state index contributed by atoms with van der Waals surface area (Å²) < 4.78 is 4.53. The molecule has 0 spiro atoms. The second-order valence-corrected chi connectivity index (χ2v) is 21.9. The molecule has 132 valence electrons. The van der Waals surface area contributed by atoms with Gasteiger partial charge in [-0.2, -0.15) is 0 Å². The minimum absolute atomic E-state index is 0.155. The Balaban J connectivity index is 2.72. The van der Waals surface area contributed by atoms with E-state index in [0.717, 1.165) is 5.92 Å². The minimum atomic E-state index is -2.37. The topological polar surface area (TPSA) is 20.2 Å². The normalized spacial score (nSPS) is 18.5. The fourth-order valence-corrected chi connectivity index (χ4v) is 20.9. The van der Waals surface area contributed by atoms with Crippen LogP contribution in [0.1, 0.15) is 97.8 Å². The second-order valence-electron chi connectivity index (χ2n) is 7.93. The molecule has 1 N–H and O–H groups in total. The molecule has 1 fully saturated rings. The van der Waals surface area contributed by atoms with Crippen LogP contribution >= 0.6 is 0 Å². The Bertz CT molecular complexity index is 239. The van der Waals surface area contributed by atoms with Crippen molar-refractivity contribution in [1.82, 2.24) is 0 Å². The first kappa shape index (κ1) is 20.8. The van der Waals surface area contributed by atoms with Crippen LogP contribution in [0, 0.1) is 5.92 Å². The second kappa shape index (κ2) is 12.2. The molecule has 0 heterocycles. The quantitative estimate of drug-likeness (QED) is 0.350. The Labute approximate surface area is 144 Å². The fourth-order valence-electron chi connectivity index (χ4n) is 4.45. The molecule has 1 unspecified atom stereocenters. The van der Waals surface area contributed by atoms with Gasteiger partial charge >= 0.3 is 145 Å². The van der Waals surface area contributed by atoms with E-state index in [4.69, 9.17) is 0 Å². The summed E-state index contributed by atoms with van der Waals surface area (Å²) in [7, 11) is 0. The van der Waals surface area contributed by atoms with Gasteiger partial charge in [0.25, 0.3) is 0 Å². The van der Waals surface area contributed by atoms with Crippen molar-refractivity contribution in [2.24, 2.45) is 5.92 Å². The van der Waals surface area contributed by atoms with Crippen LogP contribution in [0.25, 0.3) is 0 Å². The first-order valence-electron chi connectivity index (χ1n) is 10.4. The van der Waals surface area contributed by atoms with E-state index < -0.39 is 18.4 Å². The van der Waals surface area contributed by atoms with Crippen LogP contribution in [-0.4, -0.2) is 27.6 Å². The van der Waals surface area contributed by atoms with Crippen LogP contribution in [0.3, 0.4) is 0 Å². The van der Waals surface area contributed by atoms with Gasteiger partial charge in [-0.15, -0.1) is 0 Å². The van der Waals surface area contributed by atoms with E-state index >= 15 is 0 Å². The Morgan fingerprint density at radius 3 is 1.68 bits per heavy atom. The molecule has 0 aliphatic heterocycles. The van der Waals surface area contributed by atoms with Crippen LogP contribution in [0.4, 0.5) is 0 Å². The summed E-state index contributed by atoms with van der Waals surface area (Å²) in [5.74, 6) is 0.852. The van der Waals surface area contributed by atoms with Gasteiger partial charge in [0.2, 0.25) is 0 Å². The summed E-state index contributed by atoms with van der Waals surface area (Å²) in [6.07, 6.45) is 16.3. The zero-order valence-electron chi connectivity index (χ0n) is 15.7. The van der Waals surface area contributed by atoms with E-state index in [1.165, 1.54) is 90.4 Å². The summed E-state index contributed by atoms with van der Waals surface area (Å²) in [5, 5.41) is 11.3. The third kappa shape index (κ3) is 7.11. The van der Waals surface area contributed by atoms with Gasteiger partial charge in [0.1, 0.15) is 0 Å². The predicted molar refractivity (Wildman–Crippen MR) is 102 cm³/mol. The molecule has 1 nitrogen and oxygen atoms in total. The van der Waals surface area contributed by atoms with Gasteiger partial charge in [-0.1, -0.05) is 0 Å². The van der Waals surface area contributed by atoms with E-state index in [2.05, 4.69) is 20.8 Å². The molecule has 0 aromatic heterocycles. The van der Waals surface area contributed by atoms with E-state index in [1.54, 1.807) is 0 Å². The van der Waals surface area contributed by atoms with E-state index in [-0.39, 0.29) is 4.12 Å². The van der Waals surface area contributed by atoms with Gasteiger partial charge < -0.3 is 0 Å². The molecule has 0 saturated heterocycles. The molecule has 2 heteroatoms. The number of unbranched alkanes of at least 4 members (excludes halogenated alkanes) is 3. The number of rotatable bonds is 12. The number of hydrogen-bond donors (Lipinski definition) is 1. The predicted octanol–water partition coefficient (Wildman–Crippen LogP) is 6.71. The third-order valence-electron chi connectivity index (χ3n) is 6.07. The van der Waals surface area contributed by atoms with E-state index in [1.807, 2.05) is 0 Å². The van der Waals surface area contributed by atoms with Gasteiger partial charge in [-0.3, -0.25) is 0 Å². The van der Waals surface area contributed by atoms with E-state index in [0.29, 0.717) is 0 Å². The van der Waals surface area contributed by atoms with Crippen molar-refractivity contribution in [3.63, 3.8) is 0 Å². The first-order valence-corrected chi connectivity index (χ1v) is 18.1. The molecule has 0 radical (unpaired) electrons. The fraction of sp³-hybridized carbons (Fsp3) is 1.00. The van der Waals surface area contributed by atoms with Gasteiger partial charge in [0.05, 0.1) is 0 Å². The summed E-state index contributed by atoms with van der Waals surface area (Å²) in [5.41, 5.74) is 0. The van der Waals surface area contributed by atoms with Crippen LogP contribution in [-0.2, 0) is 0 Å². The summed E-state index contributed by atoms with van der Waals surface area (Å²) >= 11 is -2.37. The summed E-state index contributed by atoms with van der Waals surface area (Å²) in [6.45, 7) is 6.97. The zero-order valence-corrected chi connectivity index (χ0v) is 18.6. The first-order chi connectivity index (χ1) is 10.7. The Kier molecular flexibility index (Phi) is 11.5. The van der Waals surface area contributed by atoms with Crippen molar-refractivity contribution in [1.29, 1.82) is 0 Å². The van der Waals surface area contributed by atoms with Gasteiger partial charge in [-0.25, -0.2) is 0 Å². The number of hydrogen-bond acceptors (Lipinski definition) is 1. The summed E-state index contributed by atoms with van der Waals surface area (Å²) in [4.78, 5) is 0. The molecule has 1 rings (SSSR count). The Hall–Kier alpha value is 0.759. The summed E-state index contributed by atoms with van der Waals surface area (Å²) in [6, 6.07) is 0. The monoisotopic (exact) mass is 418 g/mol. The average Bonchev–Trinajstić information content (AvgIpc) is 2.55. The van der Waals surface area contributed by atoms with Crippen LogP contribution in [0.5, 0.6) is 0 Å².